The summed E-state index contributed by atoms with van der Waals surface area (Å²) in [6, 6.07) is 17.1. The number of carboxylic acid groups (broad SMARTS) is 1. The number of carbonyl (C=O) groups is 1. The molecule has 0 saturated heterocycles. The van der Waals surface area contributed by atoms with Crippen molar-refractivity contribution >= 4 is 41.1 Å². The summed E-state index contributed by atoms with van der Waals surface area (Å²) in [5.74, 6) is 0.104. The van der Waals surface area contributed by atoms with Crippen LogP contribution >= 0.6 is 23.2 Å². The standard InChI is InChI=1S/C22H17Cl2NO4/c1-28-21-10-14(12-25-17-6-7-18(23)19(24)11-17)5-8-20(21)29-13-15-3-2-4-16(9-15)22(26)27/h2-12H,13H2,1H3,(H,26,27). The van der Waals surface area contributed by atoms with Crippen molar-refractivity contribution in [2.24, 2.45) is 4.99 Å². The Labute approximate surface area is 178 Å². The molecule has 3 aromatic carbocycles. The summed E-state index contributed by atoms with van der Waals surface area (Å²) in [6.45, 7) is 0.216. The Morgan fingerprint density at radius 1 is 1.03 bits per heavy atom. The van der Waals surface area contributed by atoms with Gasteiger partial charge in [0.2, 0.25) is 0 Å². The van der Waals surface area contributed by atoms with E-state index in [0.29, 0.717) is 27.2 Å². The van der Waals surface area contributed by atoms with Gasteiger partial charge in [0.1, 0.15) is 6.61 Å². The smallest absolute Gasteiger partial charge is 0.335 e. The minimum absolute atomic E-state index is 0.215. The van der Waals surface area contributed by atoms with Crippen LogP contribution in [0.5, 0.6) is 11.5 Å². The van der Waals surface area contributed by atoms with Gasteiger partial charge in [0.25, 0.3) is 0 Å². The van der Waals surface area contributed by atoms with E-state index in [-0.39, 0.29) is 12.2 Å². The van der Waals surface area contributed by atoms with Crippen LogP contribution in [0.25, 0.3) is 0 Å². The number of nitrogens with zero attached hydrogens (tertiary/aromatic N) is 1. The van der Waals surface area contributed by atoms with Crippen molar-refractivity contribution in [2.75, 3.05) is 7.11 Å². The minimum Gasteiger partial charge on any atom is -0.493 e. The third-order valence-electron chi connectivity index (χ3n) is 4.02. The molecule has 3 rings (SSSR count). The molecule has 148 valence electrons. The van der Waals surface area contributed by atoms with Crippen LogP contribution in [0.4, 0.5) is 5.69 Å². The number of aliphatic imine (C=N–C) groups is 1. The number of methoxy groups -OCH3 is 1. The SMILES string of the molecule is COc1cc(C=Nc2ccc(Cl)c(Cl)c2)ccc1OCc1cccc(C(=O)O)c1. The maximum Gasteiger partial charge on any atom is 0.335 e. The van der Waals surface area contributed by atoms with E-state index >= 15 is 0 Å². The highest BCUT2D eigenvalue weighted by atomic mass is 35.5. The molecule has 0 fully saturated rings. The van der Waals surface area contributed by atoms with Crippen LogP contribution < -0.4 is 9.47 Å². The molecule has 0 bridgehead atoms. The highest BCUT2D eigenvalue weighted by Crippen LogP contribution is 2.29. The molecule has 0 aromatic heterocycles. The highest BCUT2D eigenvalue weighted by Gasteiger charge is 2.08. The number of hydrogen-bond donors (Lipinski definition) is 1. The van der Waals surface area contributed by atoms with Gasteiger partial charge in [0.15, 0.2) is 11.5 Å². The number of carboxylic acids is 1. The van der Waals surface area contributed by atoms with Gasteiger partial charge in [-0.1, -0.05) is 35.3 Å². The van der Waals surface area contributed by atoms with Gasteiger partial charge in [-0.3, -0.25) is 4.99 Å². The summed E-state index contributed by atoms with van der Waals surface area (Å²) < 4.78 is 11.2. The van der Waals surface area contributed by atoms with E-state index in [4.69, 9.17) is 37.8 Å². The van der Waals surface area contributed by atoms with E-state index in [2.05, 4.69) is 4.99 Å². The maximum absolute atomic E-state index is 11.1. The molecule has 29 heavy (non-hydrogen) atoms. The monoisotopic (exact) mass is 429 g/mol. The third-order valence-corrected chi connectivity index (χ3v) is 4.76. The molecule has 0 amide bonds. The number of benzene rings is 3. The Hall–Kier alpha value is -3.02. The lowest BCUT2D eigenvalue weighted by molar-refractivity contribution is 0.0696. The summed E-state index contributed by atoms with van der Waals surface area (Å²) in [7, 11) is 1.55. The predicted octanol–water partition coefficient (Wildman–Crippen LogP) is 6.03. The third kappa shape index (κ3) is 5.50. The van der Waals surface area contributed by atoms with Crippen LogP contribution in [-0.2, 0) is 6.61 Å². The summed E-state index contributed by atoms with van der Waals surface area (Å²) in [4.78, 5) is 15.5. The van der Waals surface area contributed by atoms with Crippen LogP contribution in [-0.4, -0.2) is 24.4 Å². The van der Waals surface area contributed by atoms with Gasteiger partial charge in [-0.2, -0.15) is 0 Å². The van der Waals surface area contributed by atoms with Gasteiger partial charge in [-0.05, 0) is 59.7 Å². The molecule has 0 heterocycles. The molecule has 0 spiro atoms. The Morgan fingerprint density at radius 3 is 2.59 bits per heavy atom. The molecule has 0 aliphatic carbocycles. The number of halogens is 2. The van der Waals surface area contributed by atoms with Gasteiger partial charge in [0, 0.05) is 6.21 Å². The number of aromatic carboxylic acids is 1. The molecule has 0 unspecified atom stereocenters. The van der Waals surface area contributed by atoms with E-state index in [1.54, 1.807) is 61.9 Å². The van der Waals surface area contributed by atoms with E-state index in [1.807, 2.05) is 6.07 Å². The van der Waals surface area contributed by atoms with Crippen LogP contribution in [0.15, 0.2) is 65.7 Å². The number of rotatable bonds is 7. The molecule has 3 aromatic rings. The first-order valence-electron chi connectivity index (χ1n) is 8.58. The Kier molecular flexibility index (Phi) is 6.75. The molecule has 0 saturated carbocycles. The van der Waals surface area contributed by atoms with Gasteiger partial charge >= 0.3 is 5.97 Å². The first-order valence-corrected chi connectivity index (χ1v) is 9.34. The molecule has 5 nitrogen and oxygen atoms in total. The second kappa shape index (κ2) is 9.45. The zero-order valence-electron chi connectivity index (χ0n) is 15.4. The molecule has 1 N–H and O–H groups in total. The Bertz CT molecular complexity index is 1070. The molecule has 0 radical (unpaired) electrons. The number of ether oxygens (including phenoxy) is 2. The fourth-order valence-corrected chi connectivity index (χ4v) is 2.85. The Morgan fingerprint density at radius 2 is 1.86 bits per heavy atom. The van der Waals surface area contributed by atoms with Crippen molar-refractivity contribution in [3.63, 3.8) is 0 Å². The largest absolute Gasteiger partial charge is 0.493 e. The molecular formula is C22H17Cl2NO4. The first-order chi connectivity index (χ1) is 14.0. The van der Waals surface area contributed by atoms with Crippen LogP contribution in [0.2, 0.25) is 10.0 Å². The average Bonchev–Trinajstić information content (AvgIpc) is 2.73. The summed E-state index contributed by atoms with van der Waals surface area (Å²) in [5.41, 5.74) is 2.45. The van der Waals surface area contributed by atoms with Crippen LogP contribution in [0.1, 0.15) is 21.5 Å². The number of hydrogen-bond acceptors (Lipinski definition) is 4. The predicted molar refractivity (Wildman–Crippen MR) is 114 cm³/mol. The summed E-state index contributed by atoms with van der Waals surface area (Å²) in [5, 5.41) is 10.00. The van der Waals surface area contributed by atoms with Crippen molar-refractivity contribution in [3.8, 4) is 11.5 Å². The van der Waals surface area contributed by atoms with E-state index in [9.17, 15) is 4.79 Å². The molecule has 0 atom stereocenters. The van der Waals surface area contributed by atoms with Crippen LogP contribution in [0.3, 0.4) is 0 Å². The minimum atomic E-state index is -0.977. The molecule has 0 aliphatic heterocycles. The van der Waals surface area contributed by atoms with Gasteiger partial charge in [0.05, 0.1) is 28.4 Å². The normalized spacial score (nSPS) is 10.9. The quantitative estimate of drug-likeness (QED) is 0.465. The van der Waals surface area contributed by atoms with Crippen molar-refractivity contribution in [2.45, 2.75) is 6.61 Å². The first kappa shape index (κ1) is 20.7. The Balaban J connectivity index is 1.73. The van der Waals surface area contributed by atoms with E-state index in [0.717, 1.165) is 11.1 Å². The van der Waals surface area contributed by atoms with Crippen molar-refractivity contribution < 1.29 is 19.4 Å². The van der Waals surface area contributed by atoms with Crippen molar-refractivity contribution in [1.82, 2.24) is 0 Å². The van der Waals surface area contributed by atoms with Crippen molar-refractivity contribution in [3.05, 3.63) is 87.4 Å². The fraction of sp³-hybridized carbons (Fsp3) is 0.0909. The summed E-state index contributed by atoms with van der Waals surface area (Å²) >= 11 is 11.9. The lowest BCUT2D eigenvalue weighted by Crippen LogP contribution is -2.01. The zero-order valence-corrected chi connectivity index (χ0v) is 16.9. The average molecular weight is 430 g/mol. The lowest BCUT2D eigenvalue weighted by Gasteiger charge is -2.11. The van der Waals surface area contributed by atoms with Crippen molar-refractivity contribution in [1.29, 1.82) is 0 Å². The lowest BCUT2D eigenvalue weighted by atomic mass is 10.1. The van der Waals surface area contributed by atoms with Crippen LogP contribution in [0, 0.1) is 0 Å². The molecule has 7 heteroatoms. The second-order valence-electron chi connectivity index (χ2n) is 6.06. The van der Waals surface area contributed by atoms with E-state index < -0.39 is 5.97 Å². The topological polar surface area (TPSA) is 68.1 Å². The van der Waals surface area contributed by atoms with Gasteiger partial charge < -0.3 is 14.6 Å². The molecule has 0 aliphatic rings. The summed E-state index contributed by atoms with van der Waals surface area (Å²) in [6.07, 6.45) is 1.68. The maximum atomic E-state index is 11.1. The molecular weight excluding hydrogens is 413 g/mol. The fourth-order valence-electron chi connectivity index (χ4n) is 2.55. The van der Waals surface area contributed by atoms with E-state index in [1.165, 1.54) is 6.07 Å². The zero-order chi connectivity index (χ0) is 20.8. The van der Waals surface area contributed by atoms with Gasteiger partial charge in [-0.25, -0.2) is 4.79 Å². The second-order valence-corrected chi connectivity index (χ2v) is 6.88. The van der Waals surface area contributed by atoms with Gasteiger partial charge in [-0.15, -0.1) is 0 Å². The highest BCUT2D eigenvalue weighted by molar-refractivity contribution is 6.42.